The van der Waals surface area contributed by atoms with Gasteiger partial charge >= 0.3 is 0 Å². The lowest BCUT2D eigenvalue weighted by molar-refractivity contribution is 0.391. The van der Waals surface area contributed by atoms with E-state index in [0.29, 0.717) is 28.4 Å². The van der Waals surface area contributed by atoms with Crippen molar-refractivity contribution < 1.29 is 4.52 Å². The lowest BCUT2D eigenvalue weighted by Gasteiger charge is -2.01. The van der Waals surface area contributed by atoms with E-state index in [1.54, 1.807) is 22.7 Å². The Morgan fingerprint density at radius 3 is 2.92 bits per heavy atom. The van der Waals surface area contributed by atoms with Gasteiger partial charge in [0.1, 0.15) is 10.6 Å². The molecule has 0 unspecified atom stereocenters. The fourth-order valence-electron chi connectivity index (χ4n) is 2.27. The van der Waals surface area contributed by atoms with E-state index in [0.717, 1.165) is 21.3 Å². The first-order chi connectivity index (χ1) is 11.6. The van der Waals surface area contributed by atoms with Gasteiger partial charge in [-0.15, -0.1) is 11.3 Å². The average molecular weight is 376 g/mol. The molecule has 0 bridgehead atoms. The van der Waals surface area contributed by atoms with E-state index in [9.17, 15) is 0 Å². The molecule has 6 nitrogen and oxygen atoms in total. The number of aryl methyl sites for hydroxylation is 2. The van der Waals surface area contributed by atoms with E-state index in [1.807, 2.05) is 23.8 Å². The highest BCUT2D eigenvalue weighted by Gasteiger charge is 2.14. The molecule has 9 heteroatoms. The molecule has 122 valence electrons. The molecule has 0 amide bonds. The molecule has 4 aromatic rings. The standard InChI is InChI=1S/C15H13N5OS3/c1-7-8(2)24-14-11(7)12(16)18-15(19-14)23-6-10-17-13(20-21-10)9-3-4-22-5-9/h3-5H,6H2,1-2H3,(H2,16,18,19). The third-order valence-electron chi connectivity index (χ3n) is 3.61. The Hall–Kier alpha value is -1.97. The van der Waals surface area contributed by atoms with Crippen molar-refractivity contribution in [3.8, 4) is 11.4 Å². The van der Waals surface area contributed by atoms with E-state index >= 15 is 0 Å². The normalized spacial score (nSPS) is 11.4. The van der Waals surface area contributed by atoms with Gasteiger partial charge in [-0.25, -0.2) is 9.97 Å². The number of anilines is 1. The van der Waals surface area contributed by atoms with Crippen LogP contribution in [0.25, 0.3) is 21.6 Å². The number of thioether (sulfide) groups is 1. The molecule has 4 rings (SSSR count). The summed E-state index contributed by atoms with van der Waals surface area (Å²) in [4.78, 5) is 15.5. The minimum atomic E-state index is 0.505. The summed E-state index contributed by atoms with van der Waals surface area (Å²) in [5, 5.41) is 9.55. The molecule has 0 atom stereocenters. The van der Waals surface area contributed by atoms with E-state index in [2.05, 4.69) is 27.0 Å². The van der Waals surface area contributed by atoms with Gasteiger partial charge in [-0.3, -0.25) is 0 Å². The minimum absolute atomic E-state index is 0.505. The van der Waals surface area contributed by atoms with Crippen LogP contribution in [0.1, 0.15) is 16.3 Å². The Bertz CT molecular complexity index is 1010. The van der Waals surface area contributed by atoms with E-state index in [-0.39, 0.29) is 0 Å². The molecule has 0 radical (unpaired) electrons. The van der Waals surface area contributed by atoms with Crippen LogP contribution >= 0.6 is 34.4 Å². The topological polar surface area (TPSA) is 90.7 Å². The Balaban J connectivity index is 1.55. The van der Waals surface area contributed by atoms with E-state index in [4.69, 9.17) is 10.3 Å². The van der Waals surface area contributed by atoms with Crippen molar-refractivity contribution >= 4 is 50.5 Å². The maximum atomic E-state index is 6.10. The number of fused-ring (bicyclic) bond motifs is 1. The molecule has 4 aromatic heterocycles. The fourth-order valence-corrected chi connectivity index (χ4v) is 4.69. The van der Waals surface area contributed by atoms with Gasteiger partial charge in [0, 0.05) is 15.8 Å². The maximum absolute atomic E-state index is 6.10. The van der Waals surface area contributed by atoms with Crippen molar-refractivity contribution in [2.24, 2.45) is 0 Å². The molecule has 4 heterocycles. The zero-order chi connectivity index (χ0) is 16.7. The number of nitrogens with two attached hydrogens (primary N) is 1. The number of hydrogen-bond acceptors (Lipinski definition) is 9. The zero-order valence-corrected chi connectivity index (χ0v) is 15.4. The van der Waals surface area contributed by atoms with Crippen LogP contribution in [-0.4, -0.2) is 20.1 Å². The number of thiophene rings is 2. The highest BCUT2D eigenvalue weighted by Crippen LogP contribution is 2.34. The van der Waals surface area contributed by atoms with Crippen molar-refractivity contribution in [2.75, 3.05) is 5.73 Å². The molecular formula is C15H13N5OS3. The van der Waals surface area contributed by atoms with Crippen LogP contribution in [0.2, 0.25) is 0 Å². The predicted octanol–water partition coefficient (Wildman–Crippen LogP) is 4.29. The molecule has 0 aromatic carbocycles. The second kappa shape index (κ2) is 6.15. The fraction of sp³-hybridized carbons (Fsp3) is 0.200. The van der Waals surface area contributed by atoms with E-state index < -0.39 is 0 Å². The third kappa shape index (κ3) is 2.79. The number of hydrogen-bond donors (Lipinski definition) is 1. The number of nitrogen functional groups attached to an aromatic ring is 1. The van der Waals surface area contributed by atoms with Crippen LogP contribution in [0.5, 0.6) is 0 Å². The molecule has 0 saturated heterocycles. The summed E-state index contributed by atoms with van der Waals surface area (Å²) in [7, 11) is 0. The second-order valence-electron chi connectivity index (χ2n) is 5.17. The third-order valence-corrected chi connectivity index (χ3v) is 6.22. The van der Waals surface area contributed by atoms with Crippen molar-refractivity contribution in [3.05, 3.63) is 33.2 Å². The van der Waals surface area contributed by atoms with Crippen LogP contribution in [0.15, 0.2) is 26.5 Å². The van der Waals surface area contributed by atoms with Gasteiger partial charge in [-0.2, -0.15) is 16.3 Å². The maximum Gasteiger partial charge on any atom is 0.237 e. The number of nitrogens with zero attached hydrogens (tertiary/aromatic N) is 4. The molecule has 0 aliphatic rings. The summed E-state index contributed by atoms with van der Waals surface area (Å²) >= 11 is 4.68. The van der Waals surface area contributed by atoms with Crippen molar-refractivity contribution in [1.29, 1.82) is 0 Å². The summed E-state index contributed by atoms with van der Waals surface area (Å²) < 4.78 is 5.29. The van der Waals surface area contributed by atoms with Gasteiger partial charge in [0.15, 0.2) is 5.16 Å². The number of rotatable bonds is 4. The van der Waals surface area contributed by atoms with Gasteiger partial charge in [0.05, 0.1) is 11.1 Å². The second-order valence-corrected chi connectivity index (χ2v) is 8.09. The van der Waals surface area contributed by atoms with Crippen LogP contribution in [0.4, 0.5) is 5.82 Å². The molecule has 0 fully saturated rings. The summed E-state index contributed by atoms with van der Waals surface area (Å²) in [6.45, 7) is 4.11. The monoisotopic (exact) mass is 375 g/mol. The predicted molar refractivity (Wildman–Crippen MR) is 98.5 cm³/mol. The van der Waals surface area contributed by atoms with Crippen LogP contribution in [-0.2, 0) is 5.75 Å². The quantitative estimate of drug-likeness (QED) is 0.420. The molecule has 0 saturated carbocycles. The van der Waals surface area contributed by atoms with Gasteiger partial charge in [-0.1, -0.05) is 16.9 Å². The molecule has 24 heavy (non-hydrogen) atoms. The molecule has 0 spiro atoms. The zero-order valence-electron chi connectivity index (χ0n) is 12.9. The molecule has 2 N–H and O–H groups in total. The first-order valence-electron chi connectivity index (χ1n) is 7.13. The van der Waals surface area contributed by atoms with E-state index in [1.165, 1.54) is 16.6 Å². The Morgan fingerprint density at radius 1 is 1.25 bits per heavy atom. The van der Waals surface area contributed by atoms with Gasteiger partial charge in [0.2, 0.25) is 11.7 Å². The van der Waals surface area contributed by atoms with Crippen LogP contribution in [0.3, 0.4) is 0 Å². The average Bonchev–Trinajstić information content (AvgIpc) is 3.27. The first kappa shape index (κ1) is 15.6. The van der Waals surface area contributed by atoms with Crippen molar-refractivity contribution in [2.45, 2.75) is 24.8 Å². The summed E-state index contributed by atoms with van der Waals surface area (Å²) in [6, 6.07) is 1.96. The molecular weight excluding hydrogens is 362 g/mol. The Kier molecular flexibility index (Phi) is 3.99. The van der Waals surface area contributed by atoms with Gasteiger partial charge in [-0.05, 0) is 30.9 Å². The highest BCUT2D eigenvalue weighted by molar-refractivity contribution is 7.98. The van der Waals surface area contributed by atoms with Crippen molar-refractivity contribution in [1.82, 2.24) is 20.1 Å². The smallest absolute Gasteiger partial charge is 0.237 e. The SMILES string of the molecule is Cc1sc2nc(SCc3nc(-c4ccsc4)no3)nc(N)c2c1C. The van der Waals surface area contributed by atoms with Crippen LogP contribution in [0, 0.1) is 13.8 Å². The minimum Gasteiger partial charge on any atom is -0.383 e. The summed E-state index contributed by atoms with van der Waals surface area (Å²) in [5.41, 5.74) is 8.22. The molecule has 0 aliphatic heterocycles. The summed E-state index contributed by atoms with van der Waals surface area (Å²) in [6.07, 6.45) is 0. The Morgan fingerprint density at radius 2 is 2.12 bits per heavy atom. The summed E-state index contributed by atoms with van der Waals surface area (Å²) in [5.74, 6) is 2.17. The van der Waals surface area contributed by atoms with Crippen molar-refractivity contribution in [3.63, 3.8) is 0 Å². The molecule has 0 aliphatic carbocycles. The van der Waals surface area contributed by atoms with Gasteiger partial charge in [0.25, 0.3) is 0 Å². The number of aromatic nitrogens is 4. The first-order valence-corrected chi connectivity index (χ1v) is 9.87. The lowest BCUT2D eigenvalue weighted by Crippen LogP contribution is -1.96. The lowest BCUT2D eigenvalue weighted by atomic mass is 10.2. The van der Waals surface area contributed by atoms with Gasteiger partial charge < -0.3 is 10.3 Å². The Labute approximate surface area is 150 Å². The highest BCUT2D eigenvalue weighted by atomic mass is 32.2. The van der Waals surface area contributed by atoms with Crippen LogP contribution < -0.4 is 5.73 Å². The largest absolute Gasteiger partial charge is 0.383 e.